The second-order valence-electron chi connectivity index (χ2n) is 3.76. The van der Waals surface area contributed by atoms with Crippen molar-refractivity contribution in [3.05, 3.63) is 12.2 Å². The lowest BCUT2D eigenvalue weighted by atomic mass is 10.2. The summed E-state index contributed by atoms with van der Waals surface area (Å²) in [6.07, 6.45) is 1.41. The number of hydrogen-bond donors (Lipinski definition) is 1. The Morgan fingerprint density at radius 2 is 2.24 bits per heavy atom. The van der Waals surface area contributed by atoms with Crippen LogP contribution in [0.4, 0.5) is 6.01 Å². The van der Waals surface area contributed by atoms with Crippen molar-refractivity contribution >= 4 is 17.7 Å². The normalized spacial score (nSPS) is 14.9. The van der Waals surface area contributed by atoms with E-state index in [1.54, 1.807) is 13.8 Å². The largest absolute Gasteiger partial charge is 0.494 e. The van der Waals surface area contributed by atoms with Gasteiger partial charge in [-0.3, -0.25) is 10.1 Å². The fraction of sp³-hybridized carbons (Fsp3) is 0.500. The molecule has 0 radical (unpaired) electrons. The molecule has 0 spiro atoms. The first-order valence-corrected chi connectivity index (χ1v) is 5.26. The van der Waals surface area contributed by atoms with Gasteiger partial charge in [0, 0.05) is 5.92 Å². The third-order valence-electron chi connectivity index (χ3n) is 2.04. The maximum atomic E-state index is 11.4. The summed E-state index contributed by atoms with van der Waals surface area (Å²) in [5.41, 5.74) is 0. The van der Waals surface area contributed by atoms with Gasteiger partial charge >= 0.3 is 6.01 Å². The van der Waals surface area contributed by atoms with Crippen molar-refractivity contribution in [1.82, 2.24) is 10.2 Å². The molecule has 2 heterocycles. The second kappa shape index (κ2) is 4.86. The zero-order valence-corrected chi connectivity index (χ0v) is 9.60. The lowest BCUT2D eigenvalue weighted by Crippen LogP contribution is -2.17. The Labute approximate surface area is 97.8 Å². The number of aromatic nitrogens is 2. The van der Waals surface area contributed by atoms with Crippen LogP contribution in [0.3, 0.4) is 0 Å². The SMILES string of the molecule is CC(C)C(=O)Nc1nnc(C2=COCCO2)o1. The fourth-order valence-corrected chi connectivity index (χ4v) is 1.10. The number of carbonyl (C=O) groups is 1. The summed E-state index contributed by atoms with van der Waals surface area (Å²) in [7, 11) is 0. The van der Waals surface area contributed by atoms with E-state index in [-0.39, 0.29) is 23.7 Å². The molecule has 0 aromatic carbocycles. The molecule has 0 bridgehead atoms. The van der Waals surface area contributed by atoms with Gasteiger partial charge in [-0.2, -0.15) is 0 Å². The van der Waals surface area contributed by atoms with E-state index in [1.807, 2.05) is 0 Å². The fourth-order valence-electron chi connectivity index (χ4n) is 1.10. The number of rotatable bonds is 3. The summed E-state index contributed by atoms with van der Waals surface area (Å²) >= 11 is 0. The molecular formula is C10H13N3O4. The minimum absolute atomic E-state index is 0.0498. The van der Waals surface area contributed by atoms with Crippen LogP contribution in [0.15, 0.2) is 10.7 Å². The van der Waals surface area contributed by atoms with E-state index in [2.05, 4.69) is 15.5 Å². The minimum atomic E-state index is -0.185. The van der Waals surface area contributed by atoms with Crippen molar-refractivity contribution in [3.63, 3.8) is 0 Å². The Hall–Kier alpha value is -2.05. The van der Waals surface area contributed by atoms with Crippen molar-refractivity contribution in [1.29, 1.82) is 0 Å². The molecule has 2 rings (SSSR count). The first-order valence-electron chi connectivity index (χ1n) is 5.26. The van der Waals surface area contributed by atoms with Crippen molar-refractivity contribution in [3.8, 4) is 0 Å². The van der Waals surface area contributed by atoms with Gasteiger partial charge < -0.3 is 13.9 Å². The highest BCUT2D eigenvalue weighted by Crippen LogP contribution is 2.19. The maximum absolute atomic E-state index is 11.4. The quantitative estimate of drug-likeness (QED) is 0.847. The van der Waals surface area contributed by atoms with E-state index >= 15 is 0 Å². The van der Waals surface area contributed by atoms with E-state index in [0.29, 0.717) is 19.0 Å². The van der Waals surface area contributed by atoms with Gasteiger partial charge in [0.25, 0.3) is 5.89 Å². The van der Waals surface area contributed by atoms with Gasteiger partial charge in [0.05, 0.1) is 0 Å². The number of hydrogen-bond acceptors (Lipinski definition) is 6. The summed E-state index contributed by atoms with van der Waals surface area (Å²) in [5, 5.41) is 9.93. The van der Waals surface area contributed by atoms with E-state index in [0.717, 1.165) is 0 Å². The molecule has 17 heavy (non-hydrogen) atoms. The maximum Gasteiger partial charge on any atom is 0.322 e. The molecule has 1 aromatic rings. The highest BCUT2D eigenvalue weighted by Gasteiger charge is 2.17. The Kier molecular flexibility index (Phi) is 3.27. The van der Waals surface area contributed by atoms with Crippen LogP contribution in [0.2, 0.25) is 0 Å². The van der Waals surface area contributed by atoms with Gasteiger partial charge in [0.1, 0.15) is 19.5 Å². The number of carbonyl (C=O) groups excluding carboxylic acids is 1. The van der Waals surface area contributed by atoms with E-state index in [1.165, 1.54) is 6.26 Å². The van der Waals surface area contributed by atoms with Crippen LogP contribution in [0.5, 0.6) is 0 Å². The van der Waals surface area contributed by atoms with E-state index in [4.69, 9.17) is 13.9 Å². The number of amides is 1. The minimum Gasteiger partial charge on any atom is -0.494 e. The molecule has 1 amide bonds. The molecule has 0 saturated heterocycles. The first-order chi connectivity index (χ1) is 8.16. The lowest BCUT2D eigenvalue weighted by molar-refractivity contribution is -0.119. The summed E-state index contributed by atoms with van der Waals surface area (Å²) < 4.78 is 15.5. The number of ether oxygens (including phenoxy) is 2. The van der Waals surface area contributed by atoms with Crippen LogP contribution < -0.4 is 5.32 Å². The molecular weight excluding hydrogens is 226 g/mol. The molecule has 1 aromatic heterocycles. The molecule has 1 aliphatic heterocycles. The monoisotopic (exact) mass is 239 g/mol. The Bertz CT molecular complexity index is 439. The molecule has 7 nitrogen and oxygen atoms in total. The van der Waals surface area contributed by atoms with Gasteiger partial charge in [-0.05, 0) is 0 Å². The predicted octanol–water partition coefficient (Wildman–Crippen LogP) is 1.01. The second-order valence-corrected chi connectivity index (χ2v) is 3.76. The lowest BCUT2D eigenvalue weighted by Gasteiger charge is -2.11. The molecule has 0 fully saturated rings. The molecule has 0 atom stereocenters. The standard InChI is InChI=1S/C10H13N3O4/c1-6(2)8(14)11-10-13-12-9(17-10)7-5-15-3-4-16-7/h5-6H,3-4H2,1-2H3,(H,11,13,14). The van der Waals surface area contributed by atoms with Crippen molar-refractivity contribution in [2.75, 3.05) is 18.5 Å². The molecule has 7 heteroatoms. The Balaban J connectivity index is 2.05. The third kappa shape index (κ3) is 2.74. The van der Waals surface area contributed by atoms with Gasteiger partial charge in [-0.1, -0.05) is 18.9 Å². The van der Waals surface area contributed by atoms with Gasteiger partial charge in [0.2, 0.25) is 11.7 Å². The van der Waals surface area contributed by atoms with Crippen molar-refractivity contribution in [2.24, 2.45) is 5.92 Å². The van der Waals surface area contributed by atoms with E-state index in [9.17, 15) is 4.79 Å². The average Bonchev–Trinajstić information content (AvgIpc) is 2.78. The van der Waals surface area contributed by atoms with Crippen molar-refractivity contribution < 1.29 is 18.7 Å². The zero-order chi connectivity index (χ0) is 12.3. The summed E-state index contributed by atoms with van der Waals surface area (Å²) in [6, 6.07) is 0.0498. The highest BCUT2D eigenvalue weighted by molar-refractivity contribution is 5.89. The van der Waals surface area contributed by atoms with Crippen LogP contribution in [0.1, 0.15) is 19.7 Å². The molecule has 0 aliphatic carbocycles. The number of nitrogens with zero attached hydrogens (tertiary/aromatic N) is 2. The molecule has 0 saturated carbocycles. The topological polar surface area (TPSA) is 86.5 Å². The Morgan fingerprint density at radius 3 is 2.88 bits per heavy atom. The smallest absolute Gasteiger partial charge is 0.322 e. The number of nitrogens with one attached hydrogen (secondary N) is 1. The van der Waals surface area contributed by atoms with Crippen LogP contribution >= 0.6 is 0 Å². The highest BCUT2D eigenvalue weighted by atomic mass is 16.6. The van der Waals surface area contributed by atoms with Crippen LogP contribution in [-0.2, 0) is 14.3 Å². The van der Waals surface area contributed by atoms with Gasteiger partial charge in [-0.25, -0.2) is 0 Å². The molecule has 1 aliphatic rings. The number of anilines is 1. The van der Waals surface area contributed by atoms with Crippen LogP contribution in [0.25, 0.3) is 5.76 Å². The van der Waals surface area contributed by atoms with E-state index < -0.39 is 0 Å². The molecule has 0 unspecified atom stereocenters. The third-order valence-corrected chi connectivity index (χ3v) is 2.04. The summed E-state index contributed by atoms with van der Waals surface area (Å²) in [4.78, 5) is 11.4. The molecule has 1 N–H and O–H groups in total. The van der Waals surface area contributed by atoms with Crippen LogP contribution in [-0.4, -0.2) is 29.3 Å². The zero-order valence-electron chi connectivity index (χ0n) is 9.60. The van der Waals surface area contributed by atoms with Gasteiger partial charge in [0.15, 0.2) is 0 Å². The van der Waals surface area contributed by atoms with Crippen LogP contribution in [0, 0.1) is 5.92 Å². The summed E-state index contributed by atoms with van der Waals surface area (Å²) in [5.74, 6) is 0.214. The average molecular weight is 239 g/mol. The first kappa shape index (κ1) is 11.4. The van der Waals surface area contributed by atoms with Gasteiger partial charge in [-0.15, -0.1) is 5.10 Å². The predicted molar refractivity (Wildman–Crippen MR) is 57.6 cm³/mol. The van der Waals surface area contributed by atoms with Crippen molar-refractivity contribution in [2.45, 2.75) is 13.8 Å². The molecule has 92 valence electrons. The Morgan fingerprint density at radius 1 is 1.41 bits per heavy atom. The summed E-state index contributed by atoms with van der Waals surface area (Å²) in [6.45, 7) is 4.47.